The van der Waals surface area contributed by atoms with Crippen molar-refractivity contribution in [3.8, 4) is 22.3 Å². The van der Waals surface area contributed by atoms with Crippen LogP contribution in [0.4, 0.5) is 28.4 Å². The van der Waals surface area contributed by atoms with E-state index in [9.17, 15) is 23.6 Å². The third kappa shape index (κ3) is 13.8. The lowest BCUT2D eigenvalue weighted by atomic mass is 9.85. The third-order valence-electron chi connectivity index (χ3n) is 16.5. The van der Waals surface area contributed by atoms with Crippen LogP contribution >= 0.6 is 19.3 Å². The lowest BCUT2D eigenvalue weighted by molar-refractivity contribution is -0.383. The van der Waals surface area contributed by atoms with Gasteiger partial charge >= 0.3 is 7.52 Å². The van der Waals surface area contributed by atoms with Gasteiger partial charge in [0.15, 0.2) is 9.84 Å². The van der Waals surface area contributed by atoms with Crippen LogP contribution in [0.15, 0.2) is 131 Å². The first-order chi connectivity index (χ1) is 37.9. The molecule has 3 fully saturated rings. The summed E-state index contributed by atoms with van der Waals surface area (Å²) >= 11 is 1.74. The highest BCUT2D eigenvalue weighted by Gasteiger charge is 2.41. The standard InChI is InChI=1S/C64H80N5O7PS2/c1-44(2)36-52-39-48(6)64(79(7,74)75)63(62(52)51-21-16-45(3)17-22-51)53-37-46(4)38-57(40-53)67-32-30-66(31-33-67)55-24-26-56(27-25-55)68-34-35-76-77(68,73)58-28-29-60(61(41-58)69(71)72)65-54(43-78-59-14-9-8-10-15-59)13-11-12-50-23-20-49(42-70)19-18-47(50)5/h8-10,14-17,21-22,24-29,37-41,44,47,49-50,54,65,70H,11-13,18-20,23,30-36,42-43H2,1-7H3/t47-,49?,50?,54+,77-/m0/s1. The molecular weight excluding hydrogens is 1050 g/mol. The Bertz CT molecular complexity index is 3240. The summed E-state index contributed by atoms with van der Waals surface area (Å²) in [6, 6.07) is 40.1. The van der Waals surface area contributed by atoms with E-state index in [1.807, 2.05) is 37.3 Å². The Balaban J connectivity index is 0.900. The van der Waals surface area contributed by atoms with Gasteiger partial charge in [0.05, 0.1) is 28.3 Å². The fourth-order valence-electron chi connectivity index (χ4n) is 12.3. The van der Waals surface area contributed by atoms with Crippen molar-refractivity contribution in [2.45, 2.75) is 109 Å². The van der Waals surface area contributed by atoms with Crippen LogP contribution in [0.25, 0.3) is 22.3 Å². The molecule has 420 valence electrons. The minimum atomic E-state index is -3.72. The molecule has 0 amide bonds. The highest BCUT2D eigenvalue weighted by atomic mass is 32.2. The van der Waals surface area contributed by atoms with Gasteiger partial charge in [0.1, 0.15) is 5.69 Å². The topological polar surface area (TPSA) is 146 Å². The van der Waals surface area contributed by atoms with E-state index in [2.05, 4.69) is 123 Å². The number of aliphatic hydroxyl groups is 1. The second kappa shape index (κ2) is 25.4. The zero-order valence-corrected chi connectivity index (χ0v) is 49.7. The van der Waals surface area contributed by atoms with E-state index in [0.717, 1.165) is 150 Å². The van der Waals surface area contributed by atoms with Crippen molar-refractivity contribution >= 4 is 62.9 Å². The number of nitro groups is 1. The van der Waals surface area contributed by atoms with Crippen LogP contribution < -0.4 is 25.1 Å². The van der Waals surface area contributed by atoms with Crippen molar-refractivity contribution in [3.05, 3.63) is 154 Å². The number of piperazine rings is 1. The summed E-state index contributed by atoms with van der Waals surface area (Å²) in [6.45, 7) is 16.7. The molecule has 2 saturated heterocycles. The molecule has 12 nitrogen and oxygen atoms in total. The van der Waals surface area contributed by atoms with Gasteiger partial charge in [-0.05, 0) is 171 Å². The maximum atomic E-state index is 15.0. The zero-order valence-electron chi connectivity index (χ0n) is 47.2. The van der Waals surface area contributed by atoms with Gasteiger partial charge in [-0.2, -0.15) is 0 Å². The second-order valence-corrected chi connectivity index (χ2v) is 28.3. The average Bonchev–Trinajstić information content (AvgIpc) is 3.98. The van der Waals surface area contributed by atoms with Gasteiger partial charge in [0.25, 0.3) is 5.69 Å². The van der Waals surface area contributed by atoms with Gasteiger partial charge in [0, 0.05) is 84.4 Å². The molecule has 2 unspecified atom stereocenters. The Hall–Kier alpha value is -5.63. The smallest absolute Gasteiger partial charge is 0.326 e. The number of aryl methyl sites for hydroxylation is 3. The first-order valence-electron chi connectivity index (χ1n) is 28.4. The lowest BCUT2D eigenvalue weighted by Crippen LogP contribution is -2.46. The predicted molar refractivity (Wildman–Crippen MR) is 328 cm³/mol. The van der Waals surface area contributed by atoms with Crippen molar-refractivity contribution in [3.63, 3.8) is 0 Å². The minimum absolute atomic E-state index is 0.0456. The third-order valence-corrected chi connectivity index (χ3v) is 21.5. The Labute approximate surface area is 473 Å². The maximum Gasteiger partial charge on any atom is 0.326 e. The normalized spacial score (nSPS) is 20.4. The zero-order chi connectivity index (χ0) is 56.0. The Morgan fingerprint density at radius 1 is 0.785 bits per heavy atom. The molecule has 2 heterocycles. The molecule has 5 atom stereocenters. The minimum Gasteiger partial charge on any atom is -0.396 e. The molecule has 3 aliphatic rings. The predicted octanol–water partition coefficient (Wildman–Crippen LogP) is 14.3. The summed E-state index contributed by atoms with van der Waals surface area (Å²) < 4.78 is 50.5. The Kier molecular flexibility index (Phi) is 18.7. The van der Waals surface area contributed by atoms with Gasteiger partial charge in [-0.25, -0.2) is 8.42 Å². The van der Waals surface area contributed by atoms with Crippen LogP contribution in [0.1, 0.15) is 88.0 Å². The number of anilines is 4. The molecule has 0 aromatic heterocycles. The van der Waals surface area contributed by atoms with Gasteiger partial charge < -0.3 is 24.7 Å². The van der Waals surface area contributed by atoms with Crippen LogP contribution in [-0.2, 0) is 25.3 Å². The van der Waals surface area contributed by atoms with Crippen molar-refractivity contribution in [1.29, 1.82) is 0 Å². The monoisotopic (exact) mass is 1130 g/mol. The molecule has 2 N–H and O–H groups in total. The summed E-state index contributed by atoms with van der Waals surface area (Å²) in [5, 5.41) is 26.6. The molecule has 2 aliphatic heterocycles. The molecule has 1 aliphatic carbocycles. The van der Waals surface area contributed by atoms with Gasteiger partial charge in [-0.15, -0.1) is 11.8 Å². The highest BCUT2D eigenvalue weighted by Crippen LogP contribution is 2.56. The molecule has 15 heteroatoms. The number of nitrogens with one attached hydrogen (secondary N) is 1. The molecule has 0 bridgehead atoms. The highest BCUT2D eigenvalue weighted by molar-refractivity contribution is 7.99. The van der Waals surface area contributed by atoms with E-state index in [1.54, 1.807) is 28.6 Å². The SMILES string of the molecule is Cc1ccc(-c2c(CC(C)C)cc(C)c(S(C)(=O)=O)c2-c2cc(C)cc(N3CCN(c4ccc(N5CCO[P@@]5(=O)c5ccc(N[C@H](CCCC6CCC(CO)CC[C@@H]6C)CSc6ccccc6)c([N+](=O)[O-])c5)cc4)CC3)c2)cc1. The summed E-state index contributed by atoms with van der Waals surface area (Å²) in [5.41, 5.74) is 10.8. The molecule has 79 heavy (non-hydrogen) atoms. The van der Waals surface area contributed by atoms with E-state index in [1.165, 1.54) is 12.3 Å². The molecule has 0 radical (unpaired) electrons. The maximum absolute atomic E-state index is 15.0. The number of hydrogen-bond donors (Lipinski definition) is 2. The molecular formula is C64H80N5O7PS2. The van der Waals surface area contributed by atoms with Crippen LogP contribution in [0.2, 0.25) is 0 Å². The summed E-state index contributed by atoms with van der Waals surface area (Å²) in [6.07, 6.45) is 9.46. The van der Waals surface area contributed by atoms with E-state index in [4.69, 9.17) is 4.52 Å². The molecule has 6 aromatic carbocycles. The van der Waals surface area contributed by atoms with Crippen LogP contribution in [0.3, 0.4) is 0 Å². The number of hydrogen-bond acceptors (Lipinski definition) is 11. The summed E-state index contributed by atoms with van der Waals surface area (Å²) in [5.74, 6) is 2.69. The van der Waals surface area contributed by atoms with E-state index in [0.29, 0.717) is 40.8 Å². The lowest BCUT2D eigenvalue weighted by Gasteiger charge is -2.38. The number of benzene rings is 6. The summed E-state index contributed by atoms with van der Waals surface area (Å²) in [4.78, 5) is 18.7. The molecule has 1 saturated carbocycles. The number of nitro benzene ring substituents is 1. The van der Waals surface area contributed by atoms with E-state index >= 15 is 4.57 Å². The Morgan fingerprint density at radius 3 is 2.14 bits per heavy atom. The first-order valence-corrected chi connectivity index (χ1v) is 32.9. The largest absolute Gasteiger partial charge is 0.396 e. The number of aliphatic hydroxyl groups excluding tert-OH is 1. The van der Waals surface area contributed by atoms with E-state index < -0.39 is 17.4 Å². The fourth-order valence-corrected chi connectivity index (χ4v) is 16.8. The molecule has 6 aromatic rings. The fraction of sp³-hybridized carbons (Fsp3) is 0.438. The number of sulfone groups is 1. The second-order valence-electron chi connectivity index (χ2n) is 23.0. The Morgan fingerprint density at radius 2 is 1.47 bits per heavy atom. The van der Waals surface area contributed by atoms with E-state index in [-0.39, 0.29) is 35.2 Å². The number of thioether (sulfide) groups is 1. The van der Waals surface area contributed by atoms with Crippen molar-refractivity contribution in [2.24, 2.45) is 23.7 Å². The number of rotatable bonds is 20. The number of nitrogens with zero attached hydrogens (tertiary/aromatic N) is 4. The van der Waals surface area contributed by atoms with Gasteiger partial charge in [0.2, 0.25) is 0 Å². The molecule has 9 rings (SSSR count). The van der Waals surface area contributed by atoms with Crippen LogP contribution in [0.5, 0.6) is 0 Å². The van der Waals surface area contributed by atoms with Crippen LogP contribution in [-0.4, -0.2) is 82.4 Å². The van der Waals surface area contributed by atoms with Crippen molar-refractivity contribution in [1.82, 2.24) is 0 Å². The summed E-state index contributed by atoms with van der Waals surface area (Å²) in [7, 11) is -7.34. The van der Waals surface area contributed by atoms with Crippen LogP contribution in [0, 0.1) is 54.6 Å². The molecule has 0 spiro atoms. The quantitative estimate of drug-likeness (QED) is 0.0247. The average molecular weight is 1130 g/mol. The van der Waals surface area contributed by atoms with Gasteiger partial charge in [-0.1, -0.05) is 100 Å². The van der Waals surface area contributed by atoms with Gasteiger partial charge in [-0.3, -0.25) is 19.3 Å². The first kappa shape index (κ1) is 58.0. The van der Waals surface area contributed by atoms with Crippen molar-refractivity contribution in [2.75, 3.05) is 77.7 Å². The van der Waals surface area contributed by atoms with Crippen molar-refractivity contribution < 1.29 is 27.5 Å².